The zero-order valence-corrected chi connectivity index (χ0v) is 15.5. The largest absolute Gasteiger partial charge is 0.496 e. The van der Waals surface area contributed by atoms with Gasteiger partial charge < -0.3 is 18.9 Å². The van der Waals surface area contributed by atoms with E-state index in [4.69, 9.17) is 13.6 Å². The molecule has 0 aliphatic rings. The summed E-state index contributed by atoms with van der Waals surface area (Å²) < 4.78 is 16.1. The molecular formula is C18H19N3O4S. The number of nitrogens with one attached hydrogen (secondary N) is 1. The second kappa shape index (κ2) is 8.09. The molecule has 1 aromatic carbocycles. The zero-order chi connectivity index (χ0) is 18.5. The molecule has 0 bridgehead atoms. The third-order valence-corrected chi connectivity index (χ3v) is 4.72. The van der Waals surface area contributed by atoms with E-state index < -0.39 is 0 Å². The Balaban J connectivity index is 1.58. The van der Waals surface area contributed by atoms with E-state index in [0.29, 0.717) is 23.4 Å². The molecule has 1 amide bonds. The van der Waals surface area contributed by atoms with E-state index in [9.17, 15) is 4.79 Å². The number of para-hydroxylation sites is 1. The summed E-state index contributed by atoms with van der Waals surface area (Å²) >= 11 is 1.21. The van der Waals surface area contributed by atoms with Crippen molar-refractivity contribution in [2.24, 2.45) is 0 Å². The molecule has 0 unspecified atom stereocenters. The fourth-order valence-electron chi connectivity index (χ4n) is 2.35. The molecular weight excluding hydrogens is 354 g/mol. The minimum absolute atomic E-state index is 0.125. The van der Waals surface area contributed by atoms with Crippen LogP contribution >= 0.6 is 11.8 Å². The molecule has 136 valence electrons. The maximum atomic E-state index is 12.3. The molecule has 3 rings (SSSR count). The Labute approximate surface area is 155 Å². The van der Waals surface area contributed by atoms with Crippen LogP contribution in [0.1, 0.15) is 18.2 Å². The fourth-order valence-corrected chi connectivity index (χ4v) is 3.06. The highest BCUT2D eigenvalue weighted by Gasteiger charge is 2.20. The first-order valence-corrected chi connectivity index (χ1v) is 8.90. The molecule has 0 aliphatic carbocycles. The molecule has 0 saturated heterocycles. The predicted molar refractivity (Wildman–Crippen MR) is 96.9 cm³/mol. The van der Waals surface area contributed by atoms with Gasteiger partial charge in [0, 0.05) is 12.1 Å². The van der Waals surface area contributed by atoms with Crippen LogP contribution in [0.4, 0.5) is 0 Å². The second-order valence-corrected chi connectivity index (χ2v) is 6.85. The average Bonchev–Trinajstić information content (AvgIpc) is 3.28. The number of hydrogen-bond acceptors (Lipinski definition) is 7. The summed E-state index contributed by atoms with van der Waals surface area (Å²) in [7, 11) is 1.61. The van der Waals surface area contributed by atoms with Gasteiger partial charge in [0.25, 0.3) is 11.1 Å². The van der Waals surface area contributed by atoms with Gasteiger partial charge in [0.2, 0.25) is 5.91 Å². The summed E-state index contributed by atoms with van der Waals surface area (Å²) in [6.45, 7) is 3.99. The molecule has 0 radical (unpaired) electrons. The van der Waals surface area contributed by atoms with Crippen molar-refractivity contribution in [3.63, 3.8) is 0 Å². The van der Waals surface area contributed by atoms with Gasteiger partial charge in [-0.15, -0.1) is 10.2 Å². The first-order chi connectivity index (χ1) is 12.6. The first kappa shape index (κ1) is 18.1. The number of hydrogen-bond donors (Lipinski definition) is 1. The Kier molecular flexibility index (Phi) is 5.62. The number of methoxy groups -OCH3 is 1. The number of carbonyl (C=O) groups excluding carboxylic acids is 1. The molecule has 2 aromatic heterocycles. The number of furan rings is 1. The maximum absolute atomic E-state index is 12.3. The average molecular weight is 373 g/mol. The third-order valence-electron chi connectivity index (χ3n) is 3.79. The molecule has 3 aromatic rings. The molecule has 0 aliphatic heterocycles. The highest BCUT2D eigenvalue weighted by molar-refractivity contribution is 8.00. The molecule has 0 saturated carbocycles. The van der Waals surface area contributed by atoms with Gasteiger partial charge in [0.15, 0.2) is 0 Å². The number of carbonyl (C=O) groups is 1. The van der Waals surface area contributed by atoms with Crippen molar-refractivity contribution in [1.29, 1.82) is 0 Å². The molecule has 7 nitrogen and oxygen atoms in total. The molecule has 2 heterocycles. The Hall–Kier alpha value is -2.74. The number of amides is 1. The van der Waals surface area contributed by atoms with Crippen LogP contribution in [0.2, 0.25) is 0 Å². The predicted octanol–water partition coefficient (Wildman–Crippen LogP) is 3.44. The first-order valence-electron chi connectivity index (χ1n) is 8.02. The molecule has 0 spiro atoms. The van der Waals surface area contributed by atoms with Gasteiger partial charge in [0.05, 0.1) is 24.2 Å². The zero-order valence-electron chi connectivity index (χ0n) is 14.7. The van der Waals surface area contributed by atoms with Crippen LogP contribution in [-0.4, -0.2) is 28.5 Å². The number of benzene rings is 1. The van der Waals surface area contributed by atoms with Crippen LogP contribution in [0.15, 0.2) is 50.7 Å². The molecule has 26 heavy (non-hydrogen) atoms. The molecule has 1 atom stereocenters. The van der Waals surface area contributed by atoms with Gasteiger partial charge in [-0.25, -0.2) is 0 Å². The van der Waals surface area contributed by atoms with Gasteiger partial charge in [-0.3, -0.25) is 4.79 Å². The summed E-state index contributed by atoms with van der Waals surface area (Å²) in [4.78, 5) is 12.3. The van der Waals surface area contributed by atoms with Crippen LogP contribution in [0.5, 0.6) is 5.75 Å². The SMILES string of the molecule is COc1ccccc1CNC(=O)[C@@H](C)Sc1nnc(-c2ccoc2C)o1. The van der Waals surface area contributed by atoms with Gasteiger partial charge >= 0.3 is 0 Å². The van der Waals surface area contributed by atoms with Crippen molar-refractivity contribution in [2.45, 2.75) is 30.9 Å². The molecule has 1 N–H and O–H groups in total. The van der Waals surface area contributed by atoms with Crippen molar-refractivity contribution < 1.29 is 18.4 Å². The lowest BCUT2D eigenvalue weighted by Crippen LogP contribution is -2.30. The molecule has 0 fully saturated rings. The number of ether oxygens (including phenoxy) is 1. The van der Waals surface area contributed by atoms with Crippen LogP contribution in [0.3, 0.4) is 0 Å². The number of aromatic nitrogens is 2. The highest BCUT2D eigenvalue weighted by Crippen LogP contribution is 2.28. The van der Waals surface area contributed by atoms with E-state index >= 15 is 0 Å². The lowest BCUT2D eigenvalue weighted by molar-refractivity contribution is -0.120. The van der Waals surface area contributed by atoms with Crippen molar-refractivity contribution in [3.05, 3.63) is 47.9 Å². The minimum Gasteiger partial charge on any atom is -0.496 e. The standard InChI is InChI=1S/C18H19N3O4S/c1-11-14(8-9-24-11)17-20-21-18(25-17)26-12(2)16(22)19-10-13-6-4-5-7-15(13)23-3/h4-9,12H,10H2,1-3H3,(H,19,22)/t12-/m1/s1. The van der Waals surface area contributed by atoms with Crippen LogP contribution in [0.25, 0.3) is 11.5 Å². The third kappa shape index (κ3) is 4.08. The monoisotopic (exact) mass is 373 g/mol. The Morgan fingerprint density at radius 1 is 1.31 bits per heavy atom. The lowest BCUT2D eigenvalue weighted by Gasteiger charge is -2.12. The minimum atomic E-state index is -0.386. The summed E-state index contributed by atoms with van der Waals surface area (Å²) in [6.07, 6.45) is 1.57. The Morgan fingerprint density at radius 3 is 2.85 bits per heavy atom. The summed E-state index contributed by atoms with van der Waals surface area (Å²) in [5, 5.41) is 10.8. The van der Waals surface area contributed by atoms with Crippen LogP contribution < -0.4 is 10.1 Å². The van der Waals surface area contributed by atoms with Crippen molar-refractivity contribution >= 4 is 17.7 Å². The summed E-state index contributed by atoms with van der Waals surface area (Å²) in [5.41, 5.74) is 1.66. The van der Waals surface area contributed by atoms with Gasteiger partial charge in [-0.2, -0.15) is 0 Å². The van der Waals surface area contributed by atoms with Gasteiger partial charge in [0.1, 0.15) is 11.5 Å². The fraction of sp³-hybridized carbons (Fsp3) is 0.278. The quantitative estimate of drug-likeness (QED) is 0.634. The Bertz CT molecular complexity index is 890. The number of nitrogens with zero attached hydrogens (tertiary/aromatic N) is 2. The summed E-state index contributed by atoms with van der Waals surface area (Å²) in [6, 6.07) is 9.32. The van der Waals surface area contributed by atoms with E-state index in [-0.39, 0.29) is 11.2 Å². The lowest BCUT2D eigenvalue weighted by atomic mass is 10.2. The van der Waals surface area contributed by atoms with Crippen LogP contribution in [-0.2, 0) is 11.3 Å². The van der Waals surface area contributed by atoms with E-state index in [0.717, 1.165) is 16.9 Å². The second-order valence-electron chi connectivity index (χ2n) is 5.55. The molecule has 8 heteroatoms. The maximum Gasteiger partial charge on any atom is 0.277 e. The van der Waals surface area contributed by atoms with Crippen LogP contribution in [0, 0.1) is 6.92 Å². The van der Waals surface area contributed by atoms with Crippen molar-refractivity contribution in [3.8, 4) is 17.2 Å². The number of thioether (sulfide) groups is 1. The normalized spacial score (nSPS) is 12.0. The highest BCUT2D eigenvalue weighted by atomic mass is 32.2. The van der Waals surface area contributed by atoms with E-state index in [1.807, 2.05) is 31.2 Å². The number of rotatable bonds is 7. The smallest absolute Gasteiger partial charge is 0.277 e. The van der Waals surface area contributed by atoms with Gasteiger partial charge in [-0.05, 0) is 26.0 Å². The van der Waals surface area contributed by atoms with E-state index in [1.165, 1.54) is 11.8 Å². The topological polar surface area (TPSA) is 90.4 Å². The summed E-state index contributed by atoms with van der Waals surface area (Å²) in [5.74, 6) is 1.69. The van der Waals surface area contributed by atoms with Crippen molar-refractivity contribution in [2.75, 3.05) is 7.11 Å². The van der Waals surface area contributed by atoms with E-state index in [2.05, 4.69) is 15.5 Å². The van der Waals surface area contributed by atoms with Crippen molar-refractivity contribution in [1.82, 2.24) is 15.5 Å². The number of aryl methyl sites for hydroxylation is 1. The van der Waals surface area contributed by atoms with E-state index in [1.54, 1.807) is 26.4 Å². The Morgan fingerprint density at radius 2 is 2.12 bits per heavy atom. The van der Waals surface area contributed by atoms with Gasteiger partial charge in [-0.1, -0.05) is 30.0 Å².